The van der Waals surface area contributed by atoms with Gasteiger partial charge in [-0.2, -0.15) is 10.2 Å². The van der Waals surface area contributed by atoms with E-state index in [-0.39, 0.29) is 0 Å². The second-order valence-electron chi connectivity index (χ2n) is 6.12. The highest BCUT2D eigenvalue weighted by Gasteiger charge is 2.26. The van der Waals surface area contributed by atoms with E-state index in [0.29, 0.717) is 12.6 Å². The van der Waals surface area contributed by atoms with Crippen molar-refractivity contribution in [3.8, 4) is 0 Å². The van der Waals surface area contributed by atoms with Crippen molar-refractivity contribution in [1.29, 1.82) is 0 Å². The molecule has 0 N–H and O–H groups in total. The van der Waals surface area contributed by atoms with Gasteiger partial charge in [-0.05, 0) is 31.0 Å². The number of para-hydroxylation sites is 1. The van der Waals surface area contributed by atoms with Crippen LogP contribution in [0.5, 0.6) is 0 Å². The lowest BCUT2D eigenvalue weighted by Crippen LogP contribution is -2.32. The first-order valence-corrected chi connectivity index (χ1v) is 7.80. The molecule has 22 heavy (non-hydrogen) atoms. The highest BCUT2D eigenvalue weighted by Crippen LogP contribution is 2.41. The Morgan fingerprint density at radius 3 is 2.50 bits per heavy atom. The number of hydrogen-bond acceptors (Lipinski definition) is 3. The number of azo groups is 1. The SMILES string of the molecule is CC(C)N1Cc2ccccc2C2=C(N=NC2)c2ccccc21. The summed E-state index contributed by atoms with van der Waals surface area (Å²) in [5.74, 6) is 0. The van der Waals surface area contributed by atoms with E-state index in [9.17, 15) is 0 Å². The topological polar surface area (TPSA) is 28.0 Å². The molecule has 2 heterocycles. The van der Waals surface area contributed by atoms with Gasteiger partial charge in [0.05, 0.1) is 6.54 Å². The standard InChI is InChI=1S/C19H19N3/c1-13(2)22-12-14-7-3-4-8-15(14)17-11-20-21-19(17)16-9-5-6-10-18(16)22/h3-10,13H,11-12H2,1-2H3. The van der Waals surface area contributed by atoms with Crippen molar-refractivity contribution in [1.82, 2.24) is 0 Å². The third-order valence-electron chi connectivity index (χ3n) is 4.46. The molecule has 0 saturated heterocycles. The van der Waals surface area contributed by atoms with Crippen LogP contribution >= 0.6 is 0 Å². The van der Waals surface area contributed by atoms with E-state index >= 15 is 0 Å². The lowest BCUT2D eigenvalue weighted by atomic mass is 9.92. The zero-order valence-corrected chi connectivity index (χ0v) is 13.0. The van der Waals surface area contributed by atoms with Crippen LogP contribution in [0, 0.1) is 0 Å². The molecule has 0 bridgehead atoms. The molecule has 4 rings (SSSR count). The summed E-state index contributed by atoms with van der Waals surface area (Å²) >= 11 is 0. The third kappa shape index (κ3) is 1.97. The maximum atomic E-state index is 4.47. The Morgan fingerprint density at radius 2 is 1.68 bits per heavy atom. The fraction of sp³-hybridized carbons (Fsp3) is 0.263. The minimum atomic E-state index is 0.426. The van der Waals surface area contributed by atoms with Gasteiger partial charge in [0.15, 0.2) is 0 Å². The Morgan fingerprint density at radius 1 is 0.955 bits per heavy atom. The van der Waals surface area contributed by atoms with Crippen LogP contribution < -0.4 is 4.90 Å². The van der Waals surface area contributed by atoms with Gasteiger partial charge >= 0.3 is 0 Å². The smallest absolute Gasteiger partial charge is 0.100 e. The molecule has 3 nitrogen and oxygen atoms in total. The van der Waals surface area contributed by atoms with Gasteiger partial charge in [-0.3, -0.25) is 0 Å². The molecule has 0 fully saturated rings. The van der Waals surface area contributed by atoms with Crippen molar-refractivity contribution < 1.29 is 0 Å². The Hall–Kier alpha value is -2.42. The molecule has 0 unspecified atom stereocenters. The van der Waals surface area contributed by atoms with Gasteiger partial charge in [0, 0.05) is 29.4 Å². The van der Waals surface area contributed by atoms with Crippen LogP contribution in [0.3, 0.4) is 0 Å². The van der Waals surface area contributed by atoms with E-state index in [2.05, 4.69) is 77.5 Å². The molecular weight excluding hydrogens is 270 g/mol. The van der Waals surface area contributed by atoms with E-state index in [0.717, 1.165) is 12.2 Å². The summed E-state index contributed by atoms with van der Waals surface area (Å²) < 4.78 is 0. The van der Waals surface area contributed by atoms with Crippen LogP contribution in [-0.4, -0.2) is 12.6 Å². The van der Waals surface area contributed by atoms with Crippen molar-refractivity contribution in [3.63, 3.8) is 0 Å². The molecule has 0 radical (unpaired) electrons. The van der Waals surface area contributed by atoms with Crippen LogP contribution in [-0.2, 0) is 6.54 Å². The van der Waals surface area contributed by atoms with Gasteiger partial charge in [0.1, 0.15) is 5.70 Å². The summed E-state index contributed by atoms with van der Waals surface area (Å²) in [7, 11) is 0. The van der Waals surface area contributed by atoms with Gasteiger partial charge < -0.3 is 4.90 Å². The predicted octanol–water partition coefficient (Wildman–Crippen LogP) is 4.75. The van der Waals surface area contributed by atoms with E-state index in [1.165, 1.54) is 28.0 Å². The Labute approximate surface area is 131 Å². The molecule has 2 aromatic rings. The first-order chi connectivity index (χ1) is 10.8. The maximum Gasteiger partial charge on any atom is 0.100 e. The first-order valence-electron chi connectivity index (χ1n) is 7.80. The molecule has 2 aliphatic heterocycles. The first kappa shape index (κ1) is 13.3. The largest absolute Gasteiger partial charge is 0.364 e. The molecule has 0 aliphatic carbocycles. The summed E-state index contributed by atoms with van der Waals surface area (Å²) in [6.07, 6.45) is 0. The number of hydrogen-bond donors (Lipinski definition) is 0. The summed E-state index contributed by atoms with van der Waals surface area (Å²) in [6, 6.07) is 17.6. The van der Waals surface area contributed by atoms with E-state index in [4.69, 9.17) is 0 Å². The monoisotopic (exact) mass is 289 g/mol. The summed E-state index contributed by atoms with van der Waals surface area (Å²) in [5.41, 5.74) is 7.38. The Kier molecular flexibility index (Phi) is 3.07. The quantitative estimate of drug-likeness (QED) is 0.744. The molecule has 2 aromatic carbocycles. The molecule has 2 aliphatic rings. The number of anilines is 1. The number of nitrogens with zero attached hydrogens (tertiary/aromatic N) is 3. The zero-order chi connectivity index (χ0) is 15.1. The fourth-order valence-corrected chi connectivity index (χ4v) is 3.35. The summed E-state index contributed by atoms with van der Waals surface area (Å²) in [5, 5.41) is 8.78. The highest BCUT2D eigenvalue weighted by molar-refractivity contribution is 5.97. The Bertz CT molecular complexity index is 787. The molecule has 0 spiro atoms. The van der Waals surface area contributed by atoms with Crippen molar-refractivity contribution in [2.75, 3.05) is 11.4 Å². The molecular formula is C19H19N3. The van der Waals surface area contributed by atoms with Crippen LogP contribution in [0.4, 0.5) is 5.69 Å². The Balaban J connectivity index is 2.03. The average Bonchev–Trinajstić information content (AvgIpc) is 3.00. The molecule has 3 heteroatoms. The normalized spacial score (nSPS) is 16.2. The fourth-order valence-electron chi connectivity index (χ4n) is 3.35. The van der Waals surface area contributed by atoms with Gasteiger partial charge in [-0.15, -0.1) is 0 Å². The van der Waals surface area contributed by atoms with Gasteiger partial charge in [-0.1, -0.05) is 42.5 Å². The van der Waals surface area contributed by atoms with Crippen molar-refractivity contribution in [2.24, 2.45) is 10.2 Å². The lowest BCUT2D eigenvalue weighted by Gasteiger charge is -2.33. The van der Waals surface area contributed by atoms with Crippen LogP contribution in [0.2, 0.25) is 0 Å². The van der Waals surface area contributed by atoms with Crippen molar-refractivity contribution in [2.45, 2.75) is 26.4 Å². The van der Waals surface area contributed by atoms with E-state index in [1.54, 1.807) is 0 Å². The molecule has 0 amide bonds. The van der Waals surface area contributed by atoms with Gasteiger partial charge in [0.2, 0.25) is 0 Å². The van der Waals surface area contributed by atoms with Crippen LogP contribution in [0.15, 0.2) is 58.8 Å². The average molecular weight is 289 g/mol. The van der Waals surface area contributed by atoms with Crippen LogP contribution in [0.25, 0.3) is 11.3 Å². The second-order valence-corrected chi connectivity index (χ2v) is 6.12. The lowest BCUT2D eigenvalue weighted by molar-refractivity contribution is 0.680. The highest BCUT2D eigenvalue weighted by atomic mass is 15.2. The molecule has 110 valence electrons. The second kappa shape index (κ2) is 5.09. The predicted molar refractivity (Wildman–Crippen MR) is 90.7 cm³/mol. The van der Waals surface area contributed by atoms with Crippen molar-refractivity contribution >= 4 is 17.0 Å². The maximum absolute atomic E-state index is 4.47. The number of rotatable bonds is 1. The van der Waals surface area contributed by atoms with Crippen molar-refractivity contribution in [3.05, 3.63) is 65.2 Å². The minimum absolute atomic E-state index is 0.426. The summed E-state index contributed by atoms with van der Waals surface area (Å²) in [4.78, 5) is 2.45. The van der Waals surface area contributed by atoms with Gasteiger partial charge in [-0.25, -0.2) is 0 Å². The number of fused-ring (bicyclic) bond motifs is 4. The van der Waals surface area contributed by atoms with Gasteiger partial charge in [0.25, 0.3) is 0 Å². The van der Waals surface area contributed by atoms with Crippen LogP contribution in [0.1, 0.15) is 30.5 Å². The van der Waals surface area contributed by atoms with E-state index in [1.807, 2.05) is 0 Å². The molecule has 0 aromatic heterocycles. The molecule has 0 saturated carbocycles. The molecule has 0 atom stereocenters. The minimum Gasteiger partial charge on any atom is -0.364 e. The third-order valence-corrected chi connectivity index (χ3v) is 4.46. The van der Waals surface area contributed by atoms with E-state index < -0.39 is 0 Å². The summed E-state index contributed by atoms with van der Waals surface area (Å²) in [6.45, 7) is 6.09. The number of benzene rings is 2. The zero-order valence-electron chi connectivity index (χ0n) is 13.0.